The van der Waals surface area contributed by atoms with E-state index in [4.69, 9.17) is 15.6 Å². The van der Waals surface area contributed by atoms with Gasteiger partial charge in [-0.25, -0.2) is 0 Å². The van der Waals surface area contributed by atoms with Crippen LogP contribution in [0.3, 0.4) is 0 Å². The van der Waals surface area contributed by atoms with E-state index in [1.807, 2.05) is 6.92 Å². The zero-order valence-corrected chi connectivity index (χ0v) is 10.5. The summed E-state index contributed by atoms with van der Waals surface area (Å²) in [4.78, 5) is 2.24. The second-order valence-corrected chi connectivity index (χ2v) is 4.93. The molecule has 4 nitrogen and oxygen atoms in total. The summed E-state index contributed by atoms with van der Waals surface area (Å²) < 4.78 is 5.06. The molecule has 0 saturated carbocycles. The highest BCUT2D eigenvalue weighted by Crippen LogP contribution is 2.05. The van der Waals surface area contributed by atoms with Crippen molar-refractivity contribution in [3.05, 3.63) is 0 Å². The van der Waals surface area contributed by atoms with Crippen molar-refractivity contribution in [1.82, 2.24) is 4.90 Å². The Kier molecular flexibility index (Phi) is 7.09. The number of nitrogens with two attached hydrogens (primary N) is 1. The van der Waals surface area contributed by atoms with Crippen LogP contribution in [-0.4, -0.2) is 55.5 Å². The van der Waals surface area contributed by atoms with Crippen LogP contribution < -0.4 is 5.73 Å². The number of methoxy groups -OCH3 is 1. The molecule has 0 aromatic heterocycles. The van der Waals surface area contributed by atoms with Gasteiger partial charge in [0.2, 0.25) is 0 Å². The number of rotatable bonds is 8. The topological polar surface area (TPSA) is 58.7 Å². The van der Waals surface area contributed by atoms with Crippen LogP contribution in [0.5, 0.6) is 0 Å². The van der Waals surface area contributed by atoms with Gasteiger partial charge in [-0.05, 0) is 12.8 Å². The number of hydrogen-bond acceptors (Lipinski definition) is 4. The summed E-state index contributed by atoms with van der Waals surface area (Å²) in [6, 6.07) is 0. The molecule has 3 N–H and O–H groups in total. The van der Waals surface area contributed by atoms with Gasteiger partial charge in [0.15, 0.2) is 0 Å². The number of aliphatic hydroxyl groups is 1. The van der Waals surface area contributed by atoms with Gasteiger partial charge >= 0.3 is 0 Å². The maximum atomic E-state index is 9.12. The largest absolute Gasteiger partial charge is 0.394 e. The molecule has 0 radical (unpaired) electrons. The highest BCUT2D eigenvalue weighted by Gasteiger charge is 2.21. The Morgan fingerprint density at radius 1 is 1.47 bits per heavy atom. The van der Waals surface area contributed by atoms with Gasteiger partial charge in [0.1, 0.15) is 0 Å². The molecule has 1 atom stereocenters. The normalized spacial score (nSPS) is 16.0. The van der Waals surface area contributed by atoms with Crippen molar-refractivity contribution in [1.29, 1.82) is 0 Å². The summed E-state index contributed by atoms with van der Waals surface area (Å²) in [5.41, 5.74) is 5.41. The van der Waals surface area contributed by atoms with E-state index in [1.165, 1.54) is 0 Å². The molecule has 0 saturated heterocycles. The molecule has 92 valence electrons. The molecule has 0 aliphatic carbocycles. The van der Waals surface area contributed by atoms with E-state index in [9.17, 15) is 0 Å². The number of aliphatic hydroxyl groups excluding tert-OH is 1. The Morgan fingerprint density at radius 2 is 2.07 bits per heavy atom. The fourth-order valence-corrected chi connectivity index (χ4v) is 1.53. The first-order valence-corrected chi connectivity index (χ1v) is 5.52. The first kappa shape index (κ1) is 14.8. The average molecular weight is 218 g/mol. The predicted octanol–water partition coefficient (Wildman–Crippen LogP) is 0.301. The van der Waals surface area contributed by atoms with E-state index in [-0.39, 0.29) is 6.61 Å². The Hall–Kier alpha value is -0.160. The van der Waals surface area contributed by atoms with Crippen LogP contribution >= 0.6 is 0 Å². The first-order valence-electron chi connectivity index (χ1n) is 5.52. The van der Waals surface area contributed by atoms with E-state index in [0.717, 1.165) is 13.1 Å². The molecule has 1 unspecified atom stereocenters. The molecule has 0 aliphatic rings. The van der Waals surface area contributed by atoms with Gasteiger partial charge in [-0.3, -0.25) is 4.90 Å². The molecule has 0 heterocycles. The Balaban J connectivity index is 4.10. The zero-order chi connectivity index (χ0) is 11.9. The van der Waals surface area contributed by atoms with Crippen LogP contribution in [0.4, 0.5) is 0 Å². The molecule has 0 bridgehead atoms. The van der Waals surface area contributed by atoms with Crippen LogP contribution in [0.25, 0.3) is 0 Å². The minimum absolute atomic E-state index is 0.00851. The summed E-state index contributed by atoms with van der Waals surface area (Å²) >= 11 is 0. The van der Waals surface area contributed by atoms with Crippen LogP contribution in [-0.2, 0) is 4.74 Å². The molecule has 0 aromatic carbocycles. The van der Waals surface area contributed by atoms with Crippen molar-refractivity contribution >= 4 is 0 Å². The summed E-state index contributed by atoms with van der Waals surface area (Å²) in [6.45, 7) is 9.47. The fraction of sp³-hybridized carbons (Fsp3) is 1.00. The van der Waals surface area contributed by atoms with E-state index >= 15 is 0 Å². The highest BCUT2D eigenvalue weighted by molar-refractivity contribution is 4.82. The molecule has 0 spiro atoms. The molecule has 0 aliphatic heterocycles. The Labute approximate surface area is 93.4 Å². The van der Waals surface area contributed by atoms with E-state index in [0.29, 0.717) is 19.1 Å². The third-order valence-electron chi connectivity index (χ3n) is 2.18. The van der Waals surface area contributed by atoms with Crippen LogP contribution in [0.1, 0.15) is 20.8 Å². The third-order valence-corrected chi connectivity index (χ3v) is 2.18. The van der Waals surface area contributed by atoms with Gasteiger partial charge in [-0.15, -0.1) is 0 Å². The minimum atomic E-state index is -0.525. The summed E-state index contributed by atoms with van der Waals surface area (Å²) in [6.07, 6.45) is 0. The monoisotopic (exact) mass is 218 g/mol. The van der Waals surface area contributed by atoms with Crippen LogP contribution in [0.15, 0.2) is 0 Å². The van der Waals surface area contributed by atoms with Gasteiger partial charge in [-0.1, -0.05) is 13.8 Å². The van der Waals surface area contributed by atoms with Crippen molar-refractivity contribution in [2.75, 3.05) is 40.0 Å². The lowest BCUT2D eigenvalue weighted by atomic mass is 10.0. The van der Waals surface area contributed by atoms with Crippen molar-refractivity contribution in [3.8, 4) is 0 Å². The number of nitrogens with zero attached hydrogens (tertiary/aromatic N) is 1. The number of ether oxygens (including phenoxy) is 1. The molecule has 4 heteroatoms. The summed E-state index contributed by atoms with van der Waals surface area (Å²) in [5, 5.41) is 9.12. The molecule has 0 aromatic rings. The van der Waals surface area contributed by atoms with Crippen LogP contribution in [0.2, 0.25) is 0 Å². The highest BCUT2D eigenvalue weighted by atomic mass is 16.5. The minimum Gasteiger partial charge on any atom is -0.394 e. The van der Waals surface area contributed by atoms with Gasteiger partial charge in [-0.2, -0.15) is 0 Å². The standard InChI is InChI=1S/C11H26N2O2/c1-10(2)7-13(5-6-15-4)8-11(3,12)9-14/h10,14H,5-9,12H2,1-4H3. The van der Waals surface area contributed by atoms with Gasteiger partial charge in [0.25, 0.3) is 0 Å². The second-order valence-electron chi connectivity index (χ2n) is 4.93. The van der Waals surface area contributed by atoms with E-state index < -0.39 is 5.54 Å². The maximum absolute atomic E-state index is 9.12. The molecular formula is C11H26N2O2. The molecular weight excluding hydrogens is 192 g/mol. The molecule has 0 amide bonds. The summed E-state index contributed by atoms with van der Waals surface area (Å²) in [7, 11) is 1.70. The second kappa shape index (κ2) is 7.17. The zero-order valence-electron chi connectivity index (χ0n) is 10.5. The van der Waals surface area contributed by atoms with Crippen LogP contribution in [0, 0.1) is 5.92 Å². The Morgan fingerprint density at radius 3 is 2.47 bits per heavy atom. The number of hydrogen-bond donors (Lipinski definition) is 2. The van der Waals surface area contributed by atoms with Crippen molar-refractivity contribution < 1.29 is 9.84 Å². The lowest BCUT2D eigenvalue weighted by Gasteiger charge is -2.32. The van der Waals surface area contributed by atoms with Crippen molar-refractivity contribution in [2.24, 2.45) is 11.7 Å². The van der Waals surface area contributed by atoms with Crippen molar-refractivity contribution in [3.63, 3.8) is 0 Å². The first-order chi connectivity index (χ1) is 6.91. The maximum Gasteiger partial charge on any atom is 0.0621 e. The summed E-state index contributed by atoms with van der Waals surface area (Å²) in [5.74, 6) is 0.594. The Bertz CT molecular complexity index is 161. The van der Waals surface area contributed by atoms with E-state index in [2.05, 4.69) is 18.7 Å². The molecule has 0 rings (SSSR count). The molecule has 0 fully saturated rings. The average Bonchev–Trinajstić information content (AvgIpc) is 2.13. The van der Waals surface area contributed by atoms with E-state index in [1.54, 1.807) is 7.11 Å². The van der Waals surface area contributed by atoms with Crippen molar-refractivity contribution in [2.45, 2.75) is 26.3 Å². The quantitative estimate of drug-likeness (QED) is 0.615. The molecule has 15 heavy (non-hydrogen) atoms. The van der Waals surface area contributed by atoms with Gasteiger partial charge < -0.3 is 15.6 Å². The lowest BCUT2D eigenvalue weighted by Crippen LogP contribution is -2.51. The van der Waals surface area contributed by atoms with Gasteiger partial charge in [0.05, 0.1) is 13.2 Å². The third kappa shape index (κ3) is 7.73. The lowest BCUT2D eigenvalue weighted by molar-refractivity contribution is 0.104. The van der Waals surface area contributed by atoms with Gasteiger partial charge in [0, 0.05) is 32.3 Å². The smallest absolute Gasteiger partial charge is 0.0621 e. The SMILES string of the molecule is COCCN(CC(C)C)CC(C)(N)CO. The predicted molar refractivity (Wildman–Crippen MR) is 62.8 cm³/mol. The fourth-order valence-electron chi connectivity index (χ4n) is 1.53.